The number of nitrogens with one attached hydrogen (secondary N) is 1. The van der Waals surface area contributed by atoms with E-state index in [4.69, 9.17) is 4.74 Å². The Morgan fingerprint density at radius 1 is 1.12 bits per heavy atom. The molecule has 1 amide bonds. The quantitative estimate of drug-likeness (QED) is 0.889. The second-order valence-electron chi connectivity index (χ2n) is 6.40. The van der Waals surface area contributed by atoms with E-state index in [0.29, 0.717) is 17.1 Å². The molecule has 2 aromatic heterocycles. The Morgan fingerprint density at radius 2 is 1.77 bits per heavy atom. The lowest BCUT2D eigenvalue weighted by atomic mass is 10.2. The molecule has 2 aromatic rings. The number of amides is 1. The average Bonchev–Trinajstić information content (AvgIpc) is 2.65. The molecule has 0 radical (unpaired) electrons. The molecule has 3 rings (SSSR count). The summed E-state index contributed by atoms with van der Waals surface area (Å²) in [5.41, 5.74) is 2.60. The summed E-state index contributed by atoms with van der Waals surface area (Å²) in [6.45, 7) is 7.55. The van der Waals surface area contributed by atoms with E-state index in [1.807, 2.05) is 13.8 Å². The van der Waals surface area contributed by atoms with Gasteiger partial charge >= 0.3 is 0 Å². The molecule has 1 N–H and O–H groups in total. The molecule has 1 fully saturated rings. The smallest absolute Gasteiger partial charge is 0.257 e. The van der Waals surface area contributed by atoms with E-state index < -0.39 is 0 Å². The number of nitrogens with zero attached hydrogens (tertiary/aromatic N) is 5. The zero-order valence-electron chi connectivity index (χ0n) is 15.6. The molecule has 0 spiro atoms. The molecular formula is C18H24N6O2. The molecule has 0 aliphatic carbocycles. The van der Waals surface area contributed by atoms with Crippen molar-refractivity contribution in [1.29, 1.82) is 0 Å². The molecular weight excluding hydrogens is 332 g/mol. The lowest BCUT2D eigenvalue weighted by Crippen LogP contribution is -2.45. The molecule has 8 nitrogen and oxygen atoms in total. The number of piperazine rings is 1. The van der Waals surface area contributed by atoms with Crippen molar-refractivity contribution in [2.24, 2.45) is 0 Å². The number of pyridine rings is 1. The molecule has 0 atom stereocenters. The molecule has 1 saturated heterocycles. The summed E-state index contributed by atoms with van der Waals surface area (Å²) in [5, 5.41) is 2.90. The first-order chi connectivity index (χ1) is 12.5. The van der Waals surface area contributed by atoms with Gasteiger partial charge in [0.1, 0.15) is 0 Å². The van der Waals surface area contributed by atoms with Crippen molar-refractivity contribution in [3.63, 3.8) is 0 Å². The van der Waals surface area contributed by atoms with E-state index in [2.05, 4.69) is 37.1 Å². The van der Waals surface area contributed by atoms with Crippen LogP contribution < -0.4 is 15.0 Å². The van der Waals surface area contributed by atoms with Crippen LogP contribution in [0.15, 0.2) is 18.3 Å². The highest BCUT2D eigenvalue weighted by atomic mass is 16.5. The van der Waals surface area contributed by atoms with Crippen molar-refractivity contribution in [3.05, 3.63) is 35.3 Å². The SMILES string of the molecule is COc1ccc(C(=O)Nc2c(C)nc(N3CCN(C)CC3)nc2C)cn1. The fourth-order valence-corrected chi connectivity index (χ4v) is 2.85. The molecule has 0 saturated carbocycles. The number of likely N-dealkylation sites (N-methyl/N-ethyl adjacent to an activating group) is 1. The minimum Gasteiger partial charge on any atom is -0.481 e. The van der Waals surface area contributed by atoms with E-state index in [-0.39, 0.29) is 5.91 Å². The molecule has 3 heterocycles. The van der Waals surface area contributed by atoms with Crippen molar-refractivity contribution in [3.8, 4) is 5.88 Å². The maximum atomic E-state index is 12.5. The molecule has 0 unspecified atom stereocenters. The number of hydrogen-bond acceptors (Lipinski definition) is 7. The lowest BCUT2D eigenvalue weighted by Gasteiger charge is -2.32. The molecule has 8 heteroatoms. The van der Waals surface area contributed by atoms with Crippen molar-refractivity contribution in [2.75, 3.05) is 50.6 Å². The topological polar surface area (TPSA) is 83.5 Å². The van der Waals surface area contributed by atoms with Gasteiger partial charge in [0.2, 0.25) is 11.8 Å². The Bertz CT molecular complexity index is 762. The fourth-order valence-electron chi connectivity index (χ4n) is 2.85. The standard InChI is InChI=1S/C18H24N6O2/c1-12-16(22-17(25)14-5-6-15(26-4)19-11-14)13(2)21-18(20-12)24-9-7-23(3)8-10-24/h5-6,11H,7-10H2,1-4H3,(H,22,25). The molecule has 1 aliphatic heterocycles. The first-order valence-electron chi connectivity index (χ1n) is 8.58. The number of ether oxygens (including phenoxy) is 1. The van der Waals surface area contributed by atoms with E-state index >= 15 is 0 Å². The van der Waals surface area contributed by atoms with Gasteiger partial charge in [0.05, 0.1) is 29.7 Å². The highest BCUT2D eigenvalue weighted by molar-refractivity contribution is 6.04. The third-order valence-electron chi connectivity index (χ3n) is 4.49. The highest BCUT2D eigenvalue weighted by Gasteiger charge is 2.19. The van der Waals surface area contributed by atoms with E-state index in [1.54, 1.807) is 12.1 Å². The van der Waals surface area contributed by atoms with Crippen LogP contribution in [0.2, 0.25) is 0 Å². The zero-order valence-corrected chi connectivity index (χ0v) is 15.6. The van der Waals surface area contributed by atoms with Gasteiger partial charge < -0.3 is 19.9 Å². The number of carbonyl (C=O) groups excluding carboxylic acids is 1. The second kappa shape index (κ2) is 7.65. The predicted molar refractivity (Wildman–Crippen MR) is 100.0 cm³/mol. The Morgan fingerprint density at radius 3 is 2.31 bits per heavy atom. The minimum atomic E-state index is -0.248. The molecule has 26 heavy (non-hydrogen) atoms. The van der Waals surface area contributed by atoms with Gasteiger partial charge in [-0.05, 0) is 27.0 Å². The van der Waals surface area contributed by atoms with Crippen molar-refractivity contribution >= 4 is 17.5 Å². The fraction of sp³-hybridized carbons (Fsp3) is 0.444. The molecule has 0 aromatic carbocycles. The van der Waals surface area contributed by atoms with Crippen LogP contribution in [0.1, 0.15) is 21.7 Å². The van der Waals surface area contributed by atoms with Crippen LogP contribution in [0.3, 0.4) is 0 Å². The Balaban J connectivity index is 1.76. The van der Waals surface area contributed by atoms with Crippen molar-refractivity contribution in [1.82, 2.24) is 19.9 Å². The Hall–Kier alpha value is -2.74. The zero-order chi connectivity index (χ0) is 18.7. The van der Waals surface area contributed by atoms with Gasteiger partial charge in [-0.1, -0.05) is 0 Å². The number of hydrogen-bond donors (Lipinski definition) is 1. The second-order valence-corrected chi connectivity index (χ2v) is 6.40. The van der Waals surface area contributed by atoms with Crippen molar-refractivity contribution in [2.45, 2.75) is 13.8 Å². The van der Waals surface area contributed by atoms with Crippen LogP contribution in [0.25, 0.3) is 0 Å². The molecule has 0 bridgehead atoms. The largest absolute Gasteiger partial charge is 0.481 e. The van der Waals surface area contributed by atoms with Gasteiger partial charge in [-0.2, -0.15) is 0 Å². The number of aromatic nitrogens is 3. The highest BCUT2D eigenvalue weighted by Crippen LogP contribution is 2.22. The third kappa shape index (κ3) is 3.91. The summed E-state index contributed by atoms with van der Waals surface area (Å²) >= 11 is 0. The minimum absolute atomic E-state index is 0.248. The first-order valence-corrected chi connectivity index (χ1v) is 8.58. The van der Waals surface area contributed by atoms with Crippen LogP contribution in [0.4, 0.5) is 11.6 Å². The van der Waals surface area contributed by atoms with Gasteiger partial charge in [-0.25, -0.2) is 15.0 Å². The summed E-state index contributed by atoms with van der Waals surface area (Å²) in [5.74, 6) is 0.938. The number of rotatable bonds is 4. The Kier molecular flexibility index (Phi) is 5.32. The summed E-state index contributed by atoms with van der Waals surface area (Å²) in [4.78, 5) is 30.2. The normalized spacial score (nSPS) is 15.0. The summed E-state index contributed by atoms with van der Waals surface area (Å²) in [6.07, 6.45) is 1.48. The average molecular weight is 356 g/mol. The van der Waals surface area contributed by atoms with Gasteiger partial charge in [0, 0.05) is 38.4 Å². The van der Waals surface area contributed by atoms with Gasteiger partial charge in [0.15, 0.2) is 0 Å². The van der Waals surface area contributed by atoms with Gasteiger partial charge in [-0.15, -0.1) is 0 Å². The number of carbonyl (C=O) groups is 1. The van der Waals surface area contributed by atoms with Crippen LogP contribution >= 0.6 is 0 Å². The summed E-state index contributed by atoms with van der Waals surface area (Å²) in [6, 6.07) is 3.33. The third-order valence-corrected chi connectivity index (χ3v) is 4.49. The maximum absolute atomic E-state index is 12.5. The van der Waals surface area contributed by atoms with Crippen LogP contribution in [0, 0.1) is 13.8 Å². The Labute approximate surface area is 153 Å². The maximum Gasteiger partial charge on any atom is 0.257 e. The van der Waals surface area contributed by atoms with Crippen LogP contribution in [0.5, 0.6) is 5.88 Å². The number of anilines is 2. The van der Waals surface area contributed by atoms with Gasteiger partial charge in [-0.3, -0.25) is 4.79 Å². The monoisotopic (exact) mass is 356 g/mol. The summed E-state index contributed by atoms with van der Waals surface area (Å²) in [7, 11) is 3.65. The van der Waals surface area contributed by atoms with E-state index in [1.165, 1.54) is 13.3 Å². The molecule has 1 aliphatic rings. The van der Waals surface area contributed by atoms with Crippen LogP contribution in [-0.4, -0.2) is 66.1 Å². The number of methoxy groups -OCH3 is 1. The number of aryl methyl sites for hydroxylation is 2. The van der Waals surface area contributed by atoms with Crippen LogP contribution in [-0.2, 0) is 0 Å². The van der Waals surface area contributed by atoms with E-state index in [9.17, 15) is 4.79 Å². The summed E-state index contributed by atoms with van der Waals surface area (Å²) < 4.78 is 5.01. The van der Waals surface area contributed by atoms with Gasteiger partial charge in [0.25, 0.3) is 5.91 Å². The molecule has 138 valence electrons. The van der Waals surface area contributed by atoms with Crippen molar-refractivity contribution < 1.29 is 9.53 Å². The predicted octanol–water partition coefficient (Wildman–Crippen LogP) is 1.50. The van der Waals surface area contributed by atoms with E-state index in [0.717, 1.165) is 43.5 Å². The lowest BCUT2D eigenvalue weighted by molar-refractivity contribution is 0.102. The first kappa shape index (κ1) is 18.1.